The fourth-order valence-corrected chi connectivity index (χ4v) is 3.26. The molecule has 0 aliphatic heterocycles. The van der Waals surface area contributed by atoms with Crippen molar-refractivity contribution in [1.29, 1.82) is 0 Å². The van der Waals surface area contributed by atoms with E-state index in [1.165, 1.54) is 57.8 Å². The van der Waals surface area contributed by atoms with Crippen molar-refractivity contribution in [3.63, 3.8) is 0 Å². The lowest BCUT2D eigenvalue weighted by molar-refractivity contribution is 0.554. The Morgan fingerprint density at radius 1 is 0.955 bits per heavy atom. The second-order valence-electron chi connectivity index (χ2n) is 6.12. The van der Waals surface area contributed by atoms with E-state index < -0.39 is 0 Å². The molecule has 0 spiro atoms. The van der Waals surface area contributed by atoms with Crippen LogP contribution in [-0.4, -0.2) is 15.4 Å². The molecule has 22 heavy (non-hydrogen) atoms. The molecule has 1 unspecified atom stereocenters. The minimum Gasteiger partial charge on any atom is -0.197 e. The molecule has 0 aliphatic rings. The molecular weight excluding hydrogens is 294 g/mol. The number of para-hydroxylation sites is 1. The molecule has 0 aliphatic carbocycles. The predicted octanol–water partition coefficient (Wildman–Crippen LogP) is 6.16. The number of hydrogen-bond donors (Lipinski definition) is 1. The molecule has 1 atom stereocenters. The summed E-state index contributed by atoms with van der Waals surface area (Å²) in [6, 6.07) is 6.03. The molecule has 0 saturated carbocycles. The van der Waals surface area contributed by atoms with Gasteiger partial charge in [-0.15, -0.1) is 11.6 Å². The monoisotopic (exact) mass is 321 g/mol. The van der Waals surface area contributed by atoms with Crippen molar-refractivity contribution in [3.05, 3.63) is 23.8 Å². The SMILES string of the molecule is CCCCCCCCCCCC(Cl)c1cccc2n[nH]nc12. The van der Waals surface area contributed by atoms with E-state index >= 15 is 0 Å². The maximum Gasteiger partial charge on any atom is 0.117 e. The Morgan fingerprint density at radius 2 is 1.64 bits per heavy atom. The second kappa shape index (κ2) is 9.83. The summed E-state index contributed by atoms with van der Waals surface area (Å²) in [5.74, 6) is 0. The van der Waals surface area contributed by atoms with Crippen LogP contribution in [0.4, 0.5) is 0 Å². The summed E-state index contributed by atoms with van der Waals surface area (Å²) in [7, 11) is 0. The van der Waals surface area contributed by atoms with E-state index in [2.05, 4.69) is 28.4 Å². The van der Waals surface area contributed by atoms with E-state index in [9.17, 15) is 0 Å². The molecule has 1 heterocycles. The molecule has 0 amide bonds. The first-order valence-electron chi connectivity index (χ1n) is 8.76. The molecular formula is C18H28ClN3. The number of H-pyrrole nitrogens is 1. The summed E-state index contributed by atoms with van der Waals surface area (Å²) in [6.07, 6.45) is 13.1. The summed E-state index contributed by atoms with van der Waals surface area (Å²) in [5, 5.41) is 11.1. The fraction of sp³-hybridized carbons (Fsp3) is 0.667. The minimum atomic E-state index is 0.0401. The molecule has 2 aromatic rings. The van der Waals surface area contributed by atoms with E-state index in [0.717, 1.165) is 23.0 Å². The van der Waals surface area contributed by atoms with Crippen molar-refractivity contribution >= 4 is 22.6 Å². The first-order chi connectivity index (χ1) is 10.8. The van der Waals surface area contributed by atoms with Gasteiger partial charge in [0.15, 0.2) is 0 Å². The van der Waals surface area contributed by atoms with Crippen LogP contribution in [0, 0.1) is 0 Å². The highest BCUT2D eigenvalue weighted by molar-refractivity contribution is 6.21. The first-order valence-corrected chi connectivity index (χ1v) is 9.20. The Hall–Kier alpha value is -1.09. The van der Waals surface area contributed by atoms with Gasteiger partial charge in [0.05, 0.1) is 5.38 Å². The van der Waals surface area contributed by atoms with Crippen molar-refractivity contribution in [1.82, 2.24) is 15.4 Å². The molecule has 0 radical (unpaired) electrons. The molecule has 122 valence electrons. The van der Waals surface area contributed by atoms with Crippen LogP contribution in [0.25, 0.3) is 11.0 Å². The van der Waals surface area contributed by atoms with Gasteiger partial charge < -0.3 is 0 Å². The standard InChI is InChI=1S/C18H28ClN3/c1-2-3-4-5-6-7-8-9-10-13-16(19)15-12-11-14-17-18(15)21-22-20-17/h11-12,14,16H,2-10,13H2,1H3,(H,20,21,22). The number of hydrogen-bond acceptors (Lipinski definition) is 2. The van der Waals surface area contributed by atoms with Gasteiger partial charge in [0.2, 0.25) is 0 Å². The number of rotatable bonds is 11. The molecule has 0 fully saturated rings. The molecule has 1 N–H and O–H groups in total. The van der Waals surface area contributed by atoms with Gasteiger partial charge in [-0.3, -0.25) is 0 Å². The summed E-state index contributed by atoms with van der Waals surface area (Å²) >= 11 is 6.56. The van der Waals surface area contributed by atoms with Gasteiger partial charge in [-0.05, 0) is 18.1 Å². The van der Waals surface area contributed by atoms with Crippen LogP contribution in [0.3, 0.4) is 0 Å². The van der Waals surface area contributed by atoms with E-state index in [4.69, 9.17) is 11.6 Å². The molecule has 0 bridgehead atoms. The highest BCUT2D eigenvalue weighted by Crippen LogP contribution is 2.30. The van der Waals surface area contributed by atoms with E-state index in [1.54, 1.807) is 0 Å². The first kappa shape index (κ1) is 17.3. The van der Waals surface area contributed by atoms with Crippen LogP contribution in [-0.2, 0) is 0 Å². The molecule has 2 rings (SSSR count). The van der Waals surface area contributed by atoms with Gasteiger partial charge >= 0.3 is 0 Å². The van der Waals surface area contributed by atoms with Crippen LogP contribution in [0.2, 0.25) is 0 Å². The van der Waals surface area contributed by atoms with E-state index in [-0.39, 0.29) is 5.38 Å². The molecule has 4 heteroatoms. The zero-order valence-corrected chi connectivity index (χ0v) is 14.4. The van der Waals surface area contributed by atoms with Gasteiger partial charge in [-0.1, -0.05) is 76.8 Å². The fourth-order valence-electron chi connectivity index (χ4n) is 2.93. The van der Waals surface area contributed by atoms with Crippen molar-refractivity contribution in [2.45, 2.75) is 76.5 Å². The number of benzene rings is 1. The quantitative estimate of drug-likeness (QED) is 0.398. The third-order valence-corrected chi connectivity index (χ3v) is 4.73. The second-order valence-corrected chi connectivity index (χ2v) is 6.65. The molecule has 1 aromatic carbocycles. The van der Waals surface area contributed by atoms with Crippen LogP contribution < -0.4 is 0 Å². The lowest BCUT2D eigenvalue weighted by Gasteiger charge is -2.10. The smallest absolute Gasteiger partial charge is 0.117 e. The summed E-state index contributed by atoms with van der Waals surface area (Å²) in [5.41, 5.74) is 2.92. The summed E-state index contributed by atoms with van der Waals surface area (Å²) in [6.45, 7) is 2.27. The lowest BCUT2D eigenvalue weighted by Crippen LogP contribution is -1.93. The number of fused-ring (bicyclic) bond motifs is 1. The van der Waals surface area contributed by atoms with Crippen LogP contribution in [0.1, 0.15) is 82.1 Å². The van der Waals surface area contributed by atoms with Gasteiger partial charge in [0.25, 0.3) is 0 Å². The third kappa shape index (κ3) is 5.28. The number of aromatic amines is 1. The predicted molar refractivity (Wildman–Crippen MR) is 94.3 cm³/mol. The maximum absolute atomic E-state index is 6.56. The molecule has 3 nitrogen and oxygen atoms in total. The number of halogens is 1. The van der Waals surface area contributed by atoms with Crippen LogP contribution in [0.5, 0.6) is 0 Å². The average Bonchev–Trinajstić information content (AvgIpc) is 3.01. The molecule has 0 saturated heterocycles. The minimum absolute atomic E-state index is 0.0401. The van der Waals surface area contributed by atoms with Crippen molar-refractivity contribution in [2.24, 2.45) is 0 Å². The zero-order valence-electron chi connectivity index (χ0n) is 13.7. The zero-order chi connectivity index (χ0) is 15.6. The summed E-state index contributed by atoms with van der Waals surface area (Å²) in [4.78, 5) is 0. The van der Waals surface area contributed by atoms with Gasteiger partial charge in [0, 0.05) is 0 Å². The van der Waals surface area contributed by atoms with Crippen LogP contribution in [0.15, 0.2) is 18.2 Å². The Morgan fingerprint density at radius 3 is 2.36 bits per heavy atom. The highest BCUT2D eigenvalue weighted by Gasteiger charge is 2.13. The van der Waals surface area contributed by atoms with Crippen molar-refractivity contribution in [3.8, 4) is 0 Å². The van der Waals surface area contributed by atoms with E-state index in [1.807, 2.05) is 12.1 Å². The largest absolute Gasteiger partial charge is 0.197 e. The number of unbranched alkanes of at least 4 members (excludes halogenated alkanes) is 8. The van der Waals surface area contributed by atoms with Crippen molar-refractivity contribution in [2.75, 3.05) is 0 Å². The maximum atomic E-state index is 6.56. The number of aromatic nitrogens is 3. The Bertz CT molecular complexity index is 538. The van der Waals surface area contributed by atoms with E-state index in [0.29, 0.717) is 0 Å². The Labute approximate surface area is 138 Å². The normalized spacial score (nSPS) is 12.8. The Kier molecular flexibility index (Phi) is 7.72. The Balaban J connectivity index is 1.62. The van der Waals surface area contributed by atoms with Gasteiger partial charge in [-0.25, -0.2) is 0 Å². The lowest BCUT2D eigenvalue weighted by atomic mass is 10.0. The highest BCUT2D eigenvalue weighted by atomic mass is 35.5. The number of nitrogens with zero attached hydrogens (tertiary/aromatic N) is 2. The van der Waals surface area contributed by atoms with Crippen LogP contribution >= 0.6 is 11.6 Å². The van der Waals surface area contributed by atoms with Crippen molar-refractivity contribution < 1.29 is 0 Å². The average molecular weight is 322 g/mol. The molecule has 1 aromatic heterocycles. The number of nitrogens with one attached hydrogen (secondary N) is 1. The topological polar surface area (TPSA) is 41.6 Å². The summed E-state index contributed by atoms with van der Waals surface area (Å²) < 4.78 is 0. The van der Waals surface area contributed by atoms with Gasteiger partial charge in [-0.2, -0.15) is 15.4 Å². The third-order valence-electron chi connectivity index (χ3n) is 4.28. The number of alkyl halides is 1. The van der Waals surface area contributed by atoms with Gasteiger partial charge in [0.1, 0.15) is 11.0 Å².